The smallest absolute Gasteiger partial charge is 0.344 e. The monoisotopic (exact) mass is 434 g/mol. The lowest BCUT2D eigenvalue weighted by Crippen LogP contribution is -2.23. The average Bonchev–Trinajstić information content (AvgIpc) is 2.68. The van der Waals surface area contributed by atoms with Crippen LogP contribution < -0.4 is 14.8 Å². The van der Waals surface area contributed by atoms with E-state index >= 15 is 0 Å². The second kappa shape index (κ2) is 9.82. The molecular weight excluding hydrogens is 419 g/mol. The number of carbonyl (C=O) groups excluding carboxylic acids is 1. The van der Waals surface area contributed by atoms with Gasteiger partial charge in [0.1, 0.15) is 11.6 Å². The van der Waals surface area contributed by atoms with Crippen LogP contribution in [0.25, 0.3) is 6.08 Å². The molecule has 0 unspecified atom stereocenters. The first-order valence-corrected chi connectivity index (χ1v) is 8.96. The zero-order chi connectivity index (χ0) is 21.6. The van der Waals surface area contributed by atoms with Gasteiger partial charge in [0.2, 0.25) is 0 Å². The molecule has 150 valence electrons. The number of ether oxygens (including phenoxy) is 2. The quantitative estimate of drug-likeness (QED) is 0.493. The number of amides is 1. The van der Waals surface area contributed by atoms with E-state index in [0.29, 0.717) is 16.3 Å². The minimum absolute atomic E-state index is 0.175. The Morgan fingerprint density at radius 2 is 1.93 bits per heavy atom. The van der Waals surface area contributed by atoms with Gasteiger partial charge in [0.05, 0.1) is 17.8 Å². The molecule has 1 amide bonds. The number of carboxylic acid groups (broad SMARTS) is 1. The highest BCUT2D eigenvalue weighted by atomic mass is 35.5. The number of halogens is 2. The highest BCUT2D eigenvalue weighted by Crippen LogP contribution is 2.30. The molecule has 0 aliphatic carbocycles. The second-order valence-corrected chi connectivity index (χ2v) is 6.60. The zero-order valence-electron chi connectivity index (χ0n) is 15.4. The van der Waals surface area contributed by atoms with Crippen molar-refractivity contribution in [3.8, 4) is 17.6 Å². The van der Waals surface area contributed by atoms with Crippen molar-refractivity contribution in [1.29, 1.82) is 5.26 Å². The molecule has 0 heterocycles. The van der Waals surface area contributed by atoms with Crippen LogP contribution in [0.1, 0.15) is 12.5 Å². The van der Waals surface area contributed by atoms with E-state index in [2.05, 4.69) is 5.32 Å². The van der Waals surface area contributed by atoms with Crippen LogP contribution in [-0.2, 0) is 9.59 Å². The van der Waals surface area contributed by atoms with Crippen LogP contribution in [0.4, 0.5) is 5.69 Å². The summed E-state index contributed by atoms with van der Waals surface area (Å²) in [5.74, 6) is -1.31. The Morgan fingerprint density at radius 1 is 1.21 bits per heavy atom. The molecule has 2 aromatic rings. The Kier molecular flexibility index (Phi) is 7.48. The first kappa shape index (κ1) is 22.1. The molecule has 9 heteroatoms. The molecule has 0 aliphatic heterocycles. The SMILES string of the molecule is COc1cc(/C=C(/C#N)C(=O)Nc2ccc(Cl)cc2Cl)ccc1O[C@@H](C)C(=O)O. The first-order chi connectivity index (χ1) is 13.7. The van der Waals surface area contributed by atoms with Crippen molar-refractivity contribution >= 4 is 46.8 Å². The molecule has 29 heavy (non-hydrogen) atoms. The van der Waals surface area contributed by atoms with E-state index in [4.69, 9.17) is 37.8 Å². The predicted octanol–water partition coefficient (Wildman–Crippen LogP) is 4.40. The van der Waals surface area contributed by atoms with Crippen LogP contribution in [0.5, 0.6) is 11.5 Å². The van der Waals surface area contributed by atoms with Gasteiger partial charge >= 0.3 is 5.97 Å². The molecule has 2 N–H and O–H groups in total. The normalized spacial score (nSPS) is 11.9. The van der Waals surface area contributed by atoms with E-state index in [1.807, 2.05) is 6.07 Å². The largest absolute Gasteiger partial charge is 0.493 e. The van der Waals surface area contributed by atoms with Gasteiger partial charge < -0.3 is 19.9 Å². The maximum absolute atomic E-state index is 12.4. The number of rotatable bonds is 7. The molecule has 2 rings (SSSR count). The molecule has 0 aliphatic rings. The van der Waals surface area contributed by atoms with Gasteiger partial charge in [0.25, 0.3) is 5.91 Å². The summed E-state index contributed by atoms with van der Waals surface area (Å²) in [6.45, 7) is 1.38. The minimum atomic E-state index is -1.12. The summed E-state index contributed by atoms with van der Waals surface area (Å²) in [7, 11) is 1.39. The van der Waals surface area contributed by atoms with E-state index in [1.54, 1.807) is 12.1 Å². The lowest BCUT2D eigenvalue weighted by atomic mass is 10.1. The Balaban J connectivity index is 2.26. The Hall–Kier alpha value is -3.21. The van der Waals surface area contributed by atoms with Crippen LogP contribution >= 0.6 is 23.2 Å². The van der Waals surface area contributed by atoms with Gasteiger partial charge in [0.15, 0.2) is 17.6 Å². The highest BCUT2D eigenvalue weighted by molar-refractivity contribution is 6.36. The summed E-state index contributed by atoms with van der Waals surface area (Å²) < 4.78 is 10.5. The number of methoxy groups -OCH3 is 1. The lowest BCUT2D eigenvalue weighted by molar-refractivity contribution is -0.144. The van der Waals surface area contributed by atoms with Gasteiger partial charge in [-0.3, -0.25) is 4.79 Å². The fraction of sp³-hybridized carbons (Fsp3) is 0.150. The summed E-state index contributed by atoms with van der Waals surface area (Å²) in [6.07, 6.45) is 0.279. The fourth-order valence-corrected chi connectivity index (χ4v) is 2.66. The van der Waals surface area contributed by atoms with Crippen molar-refractivity contribution in [3.63, 3.8) is 0 Å². The summed E-state index contributed by atoms with van der Waals surface area (Å²) in [5.41, 5.74) is 0.614. The second-order valence-electron chi connectivity index (χ2n) is 5.76. The third-order valence-corrected chi connectivity index (χ3v) is 4.24. The van der Waals surface area contributed by atoms with Crippen LogP contribution in [0.2, 0.25) is 10.0 Å². The van der Waals surface area contributed by atoms with Crippen LogP contribution in [0.15, 0.2) is 42.0 Å². The van der Waals surface area contributed by atoms with Gasteiger partial charge in [0, 0.05) is 5.02 Å². The average molecular weight is 435 g/mol. The number of carboxylic acids is 1. The van der Waals surface area contributed by atoms with Crippen LogP contribution in [0.3, 0.4) is 0 Å². The summed E-state index contributed by atoms with van der Waals surface area (Å²) >= 11 is 11.9. The number of benzene rings is 2. The van der Waals surface area contributed by atoms with Gasteiger partial charge in [-0.2, -0.15) is 5.26 Å². The molecule has 1 atom stereocenters. The van der Waals surface area contributed by atoms with Crippen LogP contribution in [0, 0.1) is 11.3 Å². The van der Waals surface area contributed by atoms with Crippen LogP contribution in [-0.4, -0.2) is 30.2 Å². The molecular formula is C20H16Cl2N2O5. The molecule has 0 bridgehead atoms. The van der Waals surface area contributed by atoms with Crippen molar-refractivity contribution in [1.82, 2.24) is 0 Å². The first-order valence-electron chi connectivity index (χ1n) is 8.21. The number of nitriles is 1. The third kappa shape index (κ3) is 5.88. The van der Waals surface area contributed by atoms with Crippen molar-refractivity contribution in [2.24, 2.45) is 0 Å². The van der Waals surface area contributed by atoms with E-state index < -0.39 is 18.0 Å². The molecule has 0 saturated carbocycles. The highest BCUT2D eigenvalue weighted by Gasteiger charge is 2.16. The number of aliphatic carboxylic acids is 1. The fourth-order valence-electron chi connectivity index (χ4n) is 2.21. The van der Waals surface area contributed by atoms with E-state index in [1.165, 1.54) is 44.4 Å². The number of nitrogens with one attached hydrogen (secondary N) is 1. The summed E-state index contributed by atoms with van der Waals surface area (Å²) in [4.78, 5) is 23.4. The number of anilines is 1. The standard InChI is InChI=1S/C20H16Cl2N2O5/c1-11(20(26)27)29-17-6-3-12(8-18(17)28-2)7-13(10-23)19(25)24-16-5-4-14(21)9-15(16)22/h3-9,11H,1-2H3,(H,24,25)(H,26,27)/b13-7-/t11-/m0/s1. The molecule has 7 nitrogen and oxygen atoms in total. The van der Waals surface area contributed by atoms with Crippen molar-refractivity contribution in [2.45, 2.75) is 13.0 Å². The van der Waals surface area contributed by atoms with Crippen molar-refractivity contribution in [3.05, 3.63) is 57.6 Å². The topological polar surface area (TPSA) is 109 Å². The zero-order valence-corrected chi connectivity index (χ0v) is 16.9. The summed E-state index contributed by atoms with van der Waals surface area (Å²) in [5, 5.41) is 21.5. The predicted molar refractivity (Wildman–Crippen MR) is 109 cm³/mol. The molecule has 2 aromatic carbocycles. The van der Waals surface area contributed by atoms with E-state index in [9.17, 15) is 14.9 Å². The summed E-state index contributed by atoms with van der Waals surface area (Å²) in [6, 6.07) is 11.0. The van der Waals surface area contributed by atoms with Gasteiger partial charge in [-0.1, -0.05) is 29.3 Å². The molecule has 0 fully saturated rings. The van der Waals surface area contributed by atoms with Crippen molar-refractivity contribution in [2.75, 3.05) is 12.4 Å². The maximum Gasteiger partial charge on any atom is 0.344 e. The molecule has 0 aromatic heterocycles. The number of nitrogens with zero attached hydrogens (tertiary/aromatic N) is 1. The molecule has 0 saturated heterocycles. The molecule has 0 spiro atoms. The maximum atomic E-state index is 12.4. The van der Waals surface area contributed by atoms with E-state index in [0.717, 1.165) is 0 Å². The Morgan fingerprint density at radius 3 is 2.52 bits per heavy atom. The Bertz CT molecular complexity index is 1010. The van der Waals surface area contributed by atoms with Crippen molar-refractivity contribution < 1.29 is 24.2 Å². The molecule has 0 radical (unpaired) electrons. The Labute approximate surface area is 177 Å². The lowest BCUT2D eigenvalue weighted by Gasteiger charge is -2.14. The van der Waals surface area contributed by atoms with Gasteiger partial charge in [-0.25, -0.2) is 4.79 Å². The third-order valence-electron chi connectivity index (χ3n) is 3.69. The number of hydrogen-bond donors (Lipinski definition) is 2. The van der Waals surface area contributed by atoms with Gasteiger partial charge in [-0.05, 0) is 48.9 Å². The number of hydrogen-bond acceptors (Lipinski definition) is 5. The van der Waals surface area contributed by atoms with Gasteiger partial charge in [-0.15, -0.1) is 0 Å². The number of carbonyl (C=O) groups is 2. The minimum Gasteiger partial charge on any atom is -0.493 e. The van der Waals surface area contributed by atoms with E-state index in [-0.39, 0.29) is 22.1 Å².